The minimum atomic E-state index is -0.284. The number of ether oxygens (including phenoxy) is 1. The van der Waals surface area contributed by atoms with Crippen LogP contribution in [0.15, 0.2) is 35.0 Å². The Morgan fingerprint density at radius 3 is 2.85 bits per heavy atom. The van der Waals surface area contributed by atoms with Crippen molar-refractivity contribution in [2.45, 2.75) is 19.4 Å². The average Bonchev–Trinajstić information content (AvgIpc) is 2.90. The van der Waals surface area contributed by atoms with E-state index in [4.69, 9.17) is 4.74 Å². The lowest BCUT2D eigenvalue weighted by Crippen LogP contribution is -2.34. The number of methoxy groups -OCH3 is 1. The Labute approximate surface area is 122 Å². The van der Waals surface area contributed by atoms with Crippen molar-refractivity contribution in [3.8, 4) is 11.5 Å². The van der Waals surface area contributed by atoms with Crippen LogP contribution in [-0.2, 0) is 6.42 Å². The Kier molecular flexibility index (Phi) is 4.63. The molecule has 2 aromatic rings. The number of rotatable bonds is 5. The van der Waals surface area contributed by atoms with Gasteiger partial charge in [-0.25, -0.2) is 0 Å². The maximum Gasteiger partial charge on any atom is 0.255 e. The predicted octanol–water partition coefficient (Wildman–Crippen LogP) is 2.82. The van der Waals surface area contributed by atoms with Crippen LogP contribution in [0, 0.1) is 0 Å². The van der Waals surface area contributed by atoms with Crippen molar-refractivity contribution in [3.05, 3.63) is 46.2 Å². The van der Waals surface area contributed by atoms with Gasteiger partial charge in [-0.2, -0.15) is 11.3 Å². The molecule has 5 heteroatoms. The van der Waals surface area contributed by atoms with Crippen LogP contribution in [0.25, 0.3) is 0 Å². The van der Waals surface area contributed by atoms with Gasteiger partial charge in [-0.05, 0) is 47.9 Å². The SMILES string of the molecule is COc1ccc(C(=O)N[C@H](C)Cc2ccsc2)c(O)c1. The number of nitrogens with one attached hydrogen (secondary N) is 1. The number of thiophene rings is 1. The van der Waals surface area contributed by atoms with E-state index < -0.39 is 0 Å². The summed E-state index contributed by atoms with van der Waals surface area (Å²) in [5.74, 6) is 0.155. The second-order valence-corrected chi connectivity index (χ2v) is 5.37. The molecule has 1 aromatic carbocycles. The molecule has 2 N–H and O–H groups in total. The summed E-state index contributed by atoms with van der Waals surface area (Å²) in [6.07, 6.45) is 0.770. The number of phenols is 1. The molecule has 0 bridgehead atoms. The minimum absolute atomic E-state index is 0.00129. The fourth-order valence-electron chi connectivity index (χ4n) is 1.95. The van der Waals surface area contributed by atoms with Crippen molar-refractivity contribution in [1.82, 2.24) is 5.32 Å². The lowest BCUT2D eigenvalue weighted by molar-refractivity contribution is 0.0937. The third kappa shape index (κ3) is 3.51. The number of benzene rings is 1. The van der Waals surface area contributed by atoms with Gasteiger partial charge in [0.1, 0.15) is 11.5 Å². The van der Waals surface area contributed by atoms with Crippen LogP contribution in [-0.4, -0.2) is 24.2 Å². The van der Waals surface area contributed by atoms with Gasteiger partial charge in [0.05, 0.1) is 12.7 Å². The van der Waals surface area contributed by atoms with Gasteiger partial charge in [0.2, 0.25) is 0 Å². The molecule has 1 atom stereocenters. The van der Waals surface area contributed by atoms with Crippen molar-refractivity contribution in [1.29, 1.82) is 0 Å². The molecular formula is C15H17NO3S. The number of hydrogen-bond donors (Lipinski definition) is 2. The van der Waals surface area contributed by atoms with Crippen LogP contribution < -0.4 is 10.1 Å². The first kappa shape index (κ1) is 14.4. The monoisotopic (exact) mass is 291 g/mol. The molecule has 0 aliphatic heterocycles. The summed E-state index contributed by atoms with van der Waals surface area (Å²) in [5, 5.41) is 16.8. The molecule has 0 spiro atoms. The maximum atomic E-state index is 12.1. The van der Waals surface area contributed by atoms with Crippen LogP contribution in [0.5, 0.6) is 11.5 Å². The van der Waals surface area contributed by atoms with Crippen LogP contribution >= 0.6 is 11.3 Å². The standard InChI is InChI=1S/C15H17NO3S/c1-10(7-11-5-6-20-9-11)16-15(18)13-4-3-12(19-2)8-14(13)17/h3-6,8-10,17H,7H2,1-2H3,(H,16,18)/t10-/m1/s1. The fourth-order valence-corrected chi connectivity index (χ4v) is 2.63. The van der Waals surface area contributed by atoms with Crippen molar-refractivity contribution >= 4 is 17.2 Å². The summed E-state index contributed by atoms with van der Waals surface area (Å²) < 4.78 is 4.99. The third-order valence-corrected chi connectivity index (χ3v) is 3.68. The lowest BCUT2D eigenvalue weighted by atomic mass is 10.1. The smallest absolute Gasteiger partial charge is 0.255 e. The summed E-state index contributed by atoms with van der Waals surface area (Å²) >= 11 is 1.64. The van der Waals surface area contributed by atoms with Crippen LogP contribution in [0.1, 0.15) is 22.8 Å². The van der Waals surface area contributed by atoms with Gasteiger partial charge < -0.3 is 15.2 Å². The first-order valence-corrected chi connectivity index (χ1v) is 7.23. The average molecular weight is 291 g/mol. The van der Waals surface area contributed by atoms with E-state index in [1.54, 1.807) is 23.5 Å². The molecule has 0 saturated carbocycles. The largest absolute Gasteiger partial charge is 0.507 e. The van der Waals surface area contributed by atoms with E-state index in [1.807, 2.05) is 18.4 Å². The Morgan fingerprint density at radius 1 is 1.45 bits per heavy atom. The zero-order valence-corrected chi connectivity index (χ0v) is 12.2. The van der Waals surface area contributed by atoms with Gasteiger partial charge in [-0.15, -0.1) is 0 Å². The quantitative estimate of drug-likeness (QED) is 0.890. The molecule has 1 amide bonds. The summed E-state index contributed by atoms with van der Waals surface area (Å²) in [6.45, 7) is 1.94. The van der Waals surface area contributed by atoms with Crippen LogP contribution in [0.4, 0.5) is 0 Å². The second-order valence-electron chi connectivity index (χ2n) is 4.59. The minimum Gasteiger partial charge on any atom is -0.507 e. The third-order valence-electron chi connectivity index (χ3n) is 2.95. The van der Waals surface area contributed by atoms with E-state index in [0.717, 1.165) is 6.42 Å². The van der Waals surface area contributed by atoms with Gasteiger partial charge in [-0.1, -0.05) is 0 Å². The molecule has 0 fully saturated rings. The number of aromatic hydroxyl groups is 1. The molecule has 0 saturated heterocycles. The molecule has 1 aromatic heterocycles. The molecule has 0 aliphatic carbocycles. The highest BCUT2D eigenvalue weighted by atomic mass is 32.1. The van der Waals surface area contributed by atoms with Crippen LogP contribution in [0.3, 0.4) is 0 Å². The summed E-state index contributed by atoms with van der Waals surface area (Å²) in [4.78, 5) is 12.1. The predicted molar refractivity (Wildman–Crippen MR) is 79.6 cm³/mol. The van der Waals surface area contributed by atoms with E-state index >= 15 is 0 Å². The molecule has 20 heavy (non-hydrogen) atoms. The highest BCUT2D eigenvalue weighted by molar-refractivity contribution is 7.07. The fraction of sp³-hybridized carbons (Fsp3) is 0.267. The van der Waals surface area contributed by atoms with Crippen molar-refractivity contribution < 1.29 is 14.6 Å². The molecule has 4 nitrogen and oxygen atoms in total. The number of hydrogen-bond acceptors (Lipinski definition) is 4. The number of amides is 1. The second kappa shape index (κ2) is 6.43. The van der Waals surface area contributed by atoms with Gasteiger partial charge in [0.25, 0.3) is 5.91 Å². The number of carbonyl (C=O) groups excluding carboxylic acids is 1. The van der Waals surface area contributed by atoms with E-state index in [1.165, 1.54) is 18.7 Å². The summed E-state index contributed by atoms with van der Waals surface area (Å²) in [7, 11) is 1.51. The first-order chi connectivity index (χ1) is 9.60. The normalized spacial score (nSPS) is 11.9. The first-order valence-electron chi connectivity index (χ1n) is 6.29. The molecule has 0 unspecified atom stereocenters. The molecule has 106 valence electrons. The van der Waals surface area contributed by atoms with Gasteiger partial charge in [-0.3, -0.25) is 4.79 Å². The van der Waals surface area contributed by atoms with Gasteiger partial charge in [0, 0.05) is 12.1 Å². The zero-order valence-electron chi connectivity index (χ0n) is 11.4. The Bertz CT molecular complexity index is 581. The van der Waals surface area contributed by atoms with Crippen LogP contribution in [0.2, 0.25) is 0 Å². The highest BCUT2D eigenvalue weighted by Crippen LogP contribution is 2.23. The number of phenolic OH excluding ortho intramolecular Hbond substituents is 1. The summed E-state index contributed by atoms with van der Waals surface area (Å²) in [5.41, 5.74) is 1.45. The van der Waals surface area contributed by atoms with E-state index in [9.17, 15) is 9.90 Å². The molecule has 0 radical (unpaired) electrons. The topological polar surface area (TPSA) is 58.6 Å². The zero-order chi connectivity index (χ0) is 14.5. The number of carbonyl (C=O) groups is 1. The van der Waals surface area contributed by atoms with E-state index in [-0.39, 0.29) is 23.3 Å². The lowest BCUT2D eigenvalue weighted by Gasteiger charge is -2.14. The van der Waals surface area contributed by atoms with Gasteiger partial charge in [0.15, 0.2) is 0 Å². The summed E-state index contributed by atoms with van der Waals surface area (Å²) in [6, 6.07) is 6.67. The Morgan fingerprint density at radius 2 is 2.25 bits per heavy atom. The van der Waals surface area contributed by atoms with Crippen molar-refractivity contribution in [2.24, 2.45) is 0 Å². The van der Waals surface area contributed by atoms with E-state index in [0.29, 0.717) is 5.75 Å². The Balaban J connectivity index is 2.00. The molecular weight excluding hydrogens is 274 g/mol. The molecule has 0 aliphatic rings. The molecule has 1 heterocycles. The maximum absolute atomic E-state index is 12.1. The van der Waals surface area contributed by atoms with Gasteiger partial charge >= 0.3 is 0 Å². The Hall–Kier alpha value is -2.01. The molecule has 2 rings (SSSR count). The van der Waals surface area contributed by atoms with E-state index in [2.05, 4.69) is 10.7 Å². The highest BCUT2D eigenvalue weighted by Gasteiger charge is 2.14. The van der Waals surface area contributed by atoms with Crippen molar-refractivity contribution in [2.75, 3.05) is 7.11 Å². The van der Waals surface area contributed by atoms with Crippen molar-refractivity contribution in [3.63, 3.8) is 0 Å².